The largest absolute Gasteiger partial charge is 0.515 e. The van der Waals surface area contributed by atoms with Gasteiger partial charge in [-0.15, -0.1) is 0 Å². The van der Waals surface area contributed by atoms with Gasteiger partial charge in [0.1, 0.15) is 19.6 Å². The summed E-state index contributed by atoms with van der Waals surface area (Å²) in [6.45, 7) is 8.27. The number of hydroxylamine groups is 3. The summed E-state index contributed by atoms with van der Waals surface area (Å²) < 4.78 is 16.4. The number of unbranched alkanes of at least 4 members (excludes halogenated alkanes) is 3. The molecule has 6 heteroatoms. The lowest BCUT2D eigenvalue weighted by Gasteiger charge is -2.35. The molecule has 0 heterocycles. The van der Waals surface area contributed by atoms with E-state index in [2.05, 4.69) is 20.8 Å². The minimum Gasteiger partial charge on any atom is -0.300 e. The van der Waals surface area contributed by atoms with Crippen molar-refractivity contribution in [2.45, 2.75) is 59.3 Å². The number of nitrogens with zero attached hydrogens (tertiary/aromatic N) is 1. The zero-order chi connectivity index (χ0) is 14.1. The van der Waals surface area contributed by atoms with Gasteiger partial charge in [-0.05, 0) is 19.3 Å². The smallest absolute Gasteiger partial charge is 0.300 e. The molecule has 0 amide bonds. The molecule has 0 saturated carbocycles. The van der Waals surface area contributed by atoms with Gasteiger partial charge in [0.05, 0.1) is 0 Å². The van der Waals surface area contributed by atoms with Crippen LogP contribution in [0, 0.1) is 0 Å². The molecule has 0 aromatic heterocycles. The molecule has 0 unspecified atom stereocenters. The van der Waals surface area contributed by atoms with Gasteiger partial charge < -0.3 is 0 Å². The monoisotopic (exact) mass is 282 g/mol. The number of phosphoric acid groups is 1. The van der Waals surface area contributed by atoms with Crippen LogP contribution in [-0.2, 0) is 9.19 Å². The third kappa shape index (κ3) is 8.22. The first-order valence-electron chi connectivity index (χ1n) is 7.02. The molecular weight excluding hydrogens is 253 g/mol. The molecule has 0 aliphatic rings. The van der Waals surface area contributed by atoms with Crippen LogP contribution < -0.4 is 0 Å². The SMILES string of the molecule is CCCC[N+](CCCC)(CCCC)OP(=O)(O)O. The molecule has 0 spiro atoms. The van der Waals surface area contributed by atoms with Gasteiger partial charge in [-0.1, -0.05) is 44.7 Å². The Bertz CT molecular complexity index is 233. The minimum absolute atomic E-state index is 0.111. The Balaban J connectivity index is 4.78. The normalized spacial score (nSPS) is 12.9. The minimum atomic E-state index is -4.44. The van der Waals surface area contributed by atoms with Crippen molar-refractivity contribution >= 4 is 7.82 Å². The zero-order valence-corrected chi connectivity index (χ0v) is 12.9. The summed E-state index contributed by atoms with van der Waals surface area (Å²) in [6, 6.07) is 0. The maximum absolute atomic E-state index is 11.2. The molecule has 110 valence electrons. The number of hydrogen-bond acceptors (Lipinski definition) is 2. The molecule has 0 aliphatic carbocycles. The van der Waals surface area contributed by atoms with Crippen molar-refractivity contribution in [3.05, 3.63) is 0 Å². The van der Waals surface area contributed by atoms with E-state index < -0.39 is 7.82 Å². The van der Waals surface area contributed by atoms with Crippen molar-refractivity contribution in [1.29, 1.82) is 0 Å². The highest BCUT2D eigenvalue weighted by Crippen LogP contribution is 2.41. The topological polar surface area (TPSA) is 66.8 Å². The van der Waals surface area contributed by atoms with Crippen LogP contribution >= 0.6 is 7.82 Å². The summed E-state index contributed by atoms with van der Waals surface area (Å²) in [5, 5.41) is 0. The fraction of sp³-hybridized carbons (Fsp3) is 1.00. The van der Waals surface area contributed by atoms with Gasteiger partial charge in [-0.2, -0.15) is 4.65 Å². The Labute approximate surface area is 111 Å². The molecule has 0 fully saturated rings. The van der Waals surface area contributed by atoms with Crippen molar-refractivity contribution in [3.63, 3.8) is 0 Å². The highest BCUT2D eigenvalue weighted by atomic mass is 31.2. The summed E-state index contributed by atoms with van der Waals surface area (Å²) in [6.07, 6.45) is 5.78. The molecule has 0 atom stereocenters. The van der Waals surface area contributed by atoms with Crippen LogP contribution in [0.4, 0.5) is 0 Å². The molecule has 0 rings (SSSR count). The van der Waals surface area contributed by atoms with E-state index in [0.717, 1.165) is 38.5 Å². The van der Waals surface area contributed by atoms with Crippen molar-refractivity contribution < 1.29 is 23.6 Å². The highest BCUT2D eigenvalue weighted by molar-refractivity contribution is 7.46. The van der Waals surface area contributed by atoms with E-state index in [4.69, 9.17) is 14.4 Å². The molecule has 2 N–H and O–H groups in total. The summed E-state index contributed by atoms with van der Waals surface area (Å²) >= 11 is 0. The second-order valence-electron chi connectivity index (χ2n) is 4.86. The van der Waals surface area contributed by atoms with Crippen molar-refractivity contribution in [2.75, 3.05) is 19.6 Å². The molecule has 0 aliphatic heterocycles. The number of rotatable bonds is 11. The predicted octanol–water partition coefficient (Wildman–Crippen LogP) is 3.23. The summed E-state index contributed by atoms with van der Waals surface area (Å²) in [5.74, 6) is 0. The second-order valence-corrected chi connectivity index (χ2v) is 6.01. The van der Waals surface area contributed by atoms with Crippen LogP contribution in [0.1, 0.15) is 59.3 Å². The molecule has 0 radical (unpaired) electrons. The predicted molar refractivity (Wildman–Crippen MR) is 72.7 cm³/mol. The van der Waals surface area contributed by atoms with Gasteiger partial charge in [-0.25, -0.2) is 4.57 Å². The Morgan fingerprint density at radius 1 is 0.889 bits per heavy atom. The third-order valence-corrected chi connectivity index (χ3v) is 3.60. The van der Waals surface area contributed by atoms with Crippen molar-refractivity contribution in [3.8, 4) is 0 Å². The van der Waals surface area contributed by atoms with E-state index in [9.17, 15) is 4.57 Å². The van der Waals surface area contributed by atoms with Crippen LogP contribution in [0.25, 0.3) is 0 Å². The van der Waals surface area contributed by atoms with Crippen LogP contribution in [-0.4, -0.2) is 34.1 Å². The molecule has 0 bridgehead atoms. The van der Waals surface area contributed by atoms with Crippen LogP contribution in [0.3, 0.4) is 0 Å². The lowest BCUT2D eigenvalue weighted by molar-refractivity contribution is -1.08. The van der Waals surface area contributed by atoms with Gasteiger partial charge >= 0.3 is 7.82 Å². The highest BCUT2D eigenvalue weighted by Gasteiger charge is 2.36. The maximum atomic E-state index is 11.2. The van der Waals surface area contributed by atoms with E-state index in [1.54, 1.807) is 0 Å². The van der Waals surface area contributed by atoms with Gasteiger partial charge in [0.2, 0.25) is 0 Å². The first-order valence-corrected chi connectivity index (χ1v) is 8.55. The lowest BCUT2D eigenvalue weighted by Crippen LogP contribution is -2.49. The van der Waals surface area contributed by atoms with Gasteiger partial charge in [0.15, 0.2) is 0 Å². The van der Waals surface area contributed by atoms with Crippen LogP contribution in [0.15, 0.2) is 0 Å². The lowest BCUT2D eigenvalue weighted by atomic mass is 10.2. The number of quaternary nitrogens is 1. The molecule has 0 aromatic carbocycles. The molecule has 0 saturated heterocycles. The second kappa shape index (κ2) is 9.05. The van der Waals surface area contributed by atoms with E-state index >= 15 is 0 Å². The number of hydrogen-bond donors (Lipinski definition) is 2. The fourth-order valence-corrected chi connectivity index (χ4v) is 2.72. The summed E-state index contributed by atoms with van der Waals surface area (Å²) in [4.78, 5) is 18.2. The molecular formula is C12H29NO4P+. The Hall–Kier alpha value is 0.0700. The standard InChI is InChI=1S/C12H28NO4P/c1-4-7-10-13(11-8-5-2,12-9-6-3)17-18(14,15)16/h4-12H2,1-3H3,(H-,14,15,16)/p+1. The maximum Gasteiger partial charge on any atom is 0.515 e. The zero-order valence-electron chi connectivity index (χ0n) is 12.0. The Morgan fingerprint density at radius 2 is 1.22 bits per heavy atom. The summed E-state index contributed by atoms with van der Waals surface area (Å²) in [7, 11) is -4.44. The molecule has 0 aromatic rings. The molecule has 18 heavy (non-hydrogen) atoms. The van der Waals surface area contributed by atoms with Crippen LogP contribution in [0.5, 0.6) is 0 Å². The van der Waals surface area contributed by atoms with Gasteiger partial charge in [0, 0.05) is 0 Å². The molecule has 5 nitrogen and oxygen atoms in total. The van der Waals surface area contributed by atoms with Crippen LogP contribution in [0.2, 0.25) is 0 Å². The fourth-order valence-electron chi connectivity index (χ4n) is 2.02. The first kappa shape index (κ1) is 18.1. The van der Waals surface area contributed by atoms with E-state index in [0.29, 0.717) is 19.6 Å². The van der Waals surface area contributed by atoms with Gasteiger partial charge in [-0.3, -0.25) is 9.79 Å². The third-order valence-electron chi connectivity index (χ3n) is 3.04. The van der Waals surface area contributed by atoms with E-state index in [1.165, 1.54) is 0 Å². The first-order chi connectivity index (χ1) is 8.39. The summed E-state index contributed by atoms with van der Waals surface area (Å²) in [5.41, 5.74) is 0. The Morgan fingerprint density at radius 3 is 1.44 bits per heavy atom. The average Bonchev–Trinajstić information content (AvgIpc) is 2.29. The van der Waals surface area contributed by atoms with E-state index in [-0.39, 0.29) is 4.65 Å². The average molecular weight is 282 g/mol. The Kier molecular flexibility index (Phi) is 9.09. The van der Waals surface area contributed by atoms with Crippen molar-refractivity contribution in [1.82, 2.24) is 0 Å². The van der Waals surface area contributed by atoms with E-state index in [1.807, 2.05) is 0 Å². The van der Waals surface area contributed by atoms with Crippen molar-refractivity contribution in [2.24, 2.45) is 0 Å². The quantitative estimate of drug-likeness (QED) is 0.347. The van der Waals surface area contributed by atoms with Gasteiger partial charge in [0.25, 0.3) is 0 Å².